The van der Waals surface area contributed by atoms with E-state index in [9.17, 15) is 4.79 Å². The van der Waals surface area contributed by atoms with Gasteiger partial charge in [-0.05, 0) is 33.0 Å². The molecule has 1 amide bonds. The average Bonchev–Trinajstić information content (AvgIpc) is 2.39. The molecule has 0 aliphatic heterocycles. The lowest BCUT2D eigenvalue weighted by atomic mass is 10.2. The molecule has 0 radical (unpaired) electrons. The number of carbonyl (C=O) groups excluding carboxylic acids is 1. The number of likely N-dealkylation sites (N-methyl/N-ethyl adjacent to an activating group) is 2. The normalized spacial score (nSPS) is 12.3. The Labute approximate surface area is 116 Å². The number of hydrogen-bond acceptors (Lipinski definition) is 3. The monoisotopic (exact) mass is 264 g/mol. The number of carbonyl (C=O) groups is 1. The number of hydrogen-bond donors (Lipinski definition) is 0. The van der Waals surface area contributed by atoms with Gasteiger partial charge in [0.05, 0.1) is 6.04 Å². The molecule has 0 fully saturated rings. The third-order valence-electron chi connectivity index (χ3n) is 3.19. The Morgan fingerprint density at radius 1 is 1.21 bits per heavy atom. The fraction of sp³-hybridized carbons (Fsp3) is 0.533. The lowest BCUT2D eigenvalue weighted by Crippen LogP contribution is -2.44. The van der Waals surface area contributed by atoms with Crippen LogP contribution in [0.25, 0.3) is 0 Å². The predicted octanol–water partition coefficient (Wildman–Crippen LogP) is 1.78. The lowest BCUT2D eigenvalue weighted by molar-refractivity contribution is -0.133. The van der Waals surface area contributed by atoms with Gasteiger partial charge in [0.1, 0.15) is 12.4 Å². The van der Waals surface area contributed by atoms with E-state index < -0.39 is 0 Å². The topological polar surface area (TPSA) is 32.8 Å². The summed E-state index contributed by atoms with van der Waals surface area (Å²) < 4.78 is 5.66. The van der Waals surface area contributed by atoms with Crippen molar-refractivity contribution in [3.05, 3.63) is 29.8 Å². The first kappa shape index (κ1) is 15.5. The van der Waals surface area contributed by atoms with Gasteiger partial charge in [-0.3, -0.25) is 9.69 Å². The quantitative estimate of drug-likeness (QED) is 0.785. The number of benzene rings is 1. The molecule has 1 unspecified atom stereocenters. The van der Waals surface area contributed by atoms with E-state index in [0.717, 1.165) is 5.75 Å². The number of rotatable bonds is 6. The van der Waals surface area contributed by atoms with Crippen molar-refractivity contribution in [1.82, 2.24) is 9.80 Å². The van der Waals surface area contributed by atoms with Crippen molar-refractivity contribution in [1.29, 1.82) is 0 Å². The highest BCUT2D eigenvalue weighted by Crippen LogP contribution is 2.11. The first-order chi connectivity index (χ1) is 8.91. The molecule has 1 atom stereocenters. The largest absolute Gasteiger partial charge is 0.492 e. The average molecular weight is 264 g/mol. The van der Waals surface area contributed by atoms with Crippen molar-refractivity contribution in [3.8, 4) is 5.75 Å². The summed E-state index contributed by atoms with van der Waals surface area (Å²) in [7, 11) is 5.48. The Balaban J connectivity index is 2.36. The molecule has 4 heteroatoms. The summed E-state index contributed by atoms with van der Waals surface area (Å²) in [6.07, 6.45) is 0. The Bertz CT molecular complexity index is 401. The van der Waals surface area contributed by atoms with Crippen molar-refractivity contribution >= 4 is 5.91 Å². The van der Waals surface area contributed by atoms with Crippen molar-refractivity contribution < 1.29 is 9.53 Å². The second-order valence-corrected chi connectivity index (χ2v) is 5.05. The molecule has 0 saturated heterocycles. The molecule has 0 bridgehead atoms. The van der Waals surface area contributed by atoms with E-state index in [0.29, 0.717) is 13.2 Å². The summed E-state index contributed by atoms with van der Waals surface area (Å²) in [4.78, 5) is 15.4. The van der Waals surface area contributed by atoms with Crippen molar-refractivity contribution in [2.24, 2.45) is 0 Å². The number of ether oxygens (including phenoxy) is 1. The van der Waals surface area contributed by atoms with Gasteiger partial charge >= 0.3 is 0 Å². The molecule has 19 heavy (non-hydrogen) atoms. The van der Waals surface area contributed by atoms with Gasteiger partial charge in [0.25, 0.3) is 0 Å². The summed E-state index contributed by atoms with van der Waals surface area (Å²) in [5, 5.41) is 0. The Morgan fingerprint density at radius 2 is 1.79 bits per heavy atom. The summed E-state index contributed by atoms with van der Waals surface area (Å²) in [5.74, 6) is 0.975. The number of nitrogens with zero attached hydrogens (tertiary/aromatic N) is 2. The van der Waals surface area contributed by atoms with E-state index in [2.05, 4.69) is 0 Å². The van der Waals surface area contributed by atoms with Gasteiger partial charge < -0.3 is 9.64 Å². The van der Waals surface area contributed by atoms with Gasteiger partial charge in [-0.1, -0.05) is 17.7 Å². The van der Waals surface area contributed by atoms with Gasteiger partial charge in [-0.15, -0.1) is 0 Å². The summed E-state index contributed by atoms with van der Waals surface area (Å²) in [5.41, 5.74) is 1.22. The molecule has 0 aliphatic rings. The minimum Gasteiger partial charge on any atom is -0.492 e. The zero-order valence-corrected chi connectivity index (χ0v) is 12.5. The molecule has 1 aromatic carbocycles. The van der Waals surface area contributed by atoms with Crippen LogP contribution in [0.2, 0.25) is 0 Å². The van der Waals surface area contributed by atoms with Crippen molar-refractivity contribution in [2.75, 3.05) is 34.3 Å². The van der Waals surface area contributed by atoms with Gasteiger partial charge in [-0.25, -0.2) is 0 Å². The highest BCUT2D eigenvalue weighted by molar-refractivity contribution is 5.80. The van der Waals surface area contributed by atoms with Gasteiger partial charge in [0, 0.05) is 20.6 Å². The molecule has 0 heterocycles. The first-order valence-electron chi connectivity index (χ1n) is 6.52. The van der Waals surface area contributed by atoms with Crippen LogP contribution in [0.5, 0.6) is 5.75 Å². The first-order valence-corrected chi connectivity index (χ1v) is 6.52. The van der Waals surface area contributed by atoms with Crippen LogP contribution < -0.4 is 4.74 Å². The van der Waals surface area contributed by atoms with E-state index >= 15 is 0 Å². The summed E-state index contributed by atoms with van der Waals surface area (Å²) in [6, 6.07) is 7.85. The van der Waals surface area contributed by atoms with E-state index in [1.54, 1.807) is 19.0 Å². The van der Waals surface area contributed by atoms with E-state index in [1.165, 1.54) is 5.56 Å². The predicted molar refractivity (Wildman–Crippen MR) is 77.5 cm³/mol. The molecule has 0 N–H and O–H groups in total. The van der Waals surface area contributed by atoms with Crippen LogP contribution in [0, 0.1) is 6.92 Å². The van der Waals surface area contributed by atoms with Crippen LogP contribution in [-0.4, -0.2) is 56.0 Å². The minimum absolute atomic E-state index is 0.109. The molecule has 1 rings (SSSR count). The van der Waals surface area contributed by atoms with Crippen LogP contribution in [0.3, 0.4) is 0 Å². The molecular formula is C15H24N2O2. The standard InChI is InChI=1S/C15H24N2O2/c1-12-6-8-14(9-7-12)19-11-10-17(5)13(2)15(18)16(3)4/h6-9,13H,10-11H2,1-5H3. The smallest absolute Gasteiger partial charge is 0.239 e. The molecule has 106 valence electrons. The molecule has 0 saturated carbocycles. The number of amides is 1. The van der Waals surface area contributed by atoms with Crippen LogP contribution >= 0.6 is 0 Å². The van der Waals surface area contributed by atoms with Gasteiger partial charge in [0.15, 0.2) is 0 Å². The fourth-order valence-corrected chi connectivity index (χ4v) is 1.70. The maximum atomic E-state index is 11.8. The fourth-order valence-electron chi connectivity index (χ4n) is 1.70. The van der Waals surface area contributed by atoms with E-state index in [1.807, 2.05) is 50.1 Å². The molecule has 0 aromatic heterocycles. The van der Waals surface area contributed by atoms with Crippen LogP contribution in [0.15, 0.2) is 24.3 Å². The van der Waals surface area contributed by atoms with Gasteiger partial charge in [-0.2, -0.15) is 0 Å². The van der Waals surface area contributed by atoms with Crippen LogP contribution in [0.4, 0.5) is 0 Å². The molecular weight excluding hydrogens is 240 g/mol. The van der Waals surface area contributed by atoms with Crippen LogP contribution in [0.1, 0.15) is 12.5 Å². The second-order valence-electron chi connectivity index (χ2n) is 5.05. The molecule has 0 spiro atoms. The number of aryl methyl sites for hydroxylation is 1. The van der Waals surface area contributed by atoms with Crippen molar-refractivity contribution in [2.45, 2.75) is 19.9 Å². The summed E-state index contributed by atoms with van der Waals surface area (Å²) >= 11 is 0. The Hall–Kier alpha value is -1.55. The van der Waals surface area contributed by atoms with Crippen LogP contribution in [-0.2, 0) is 4.79 Å². The maximum absolute atomic E-state index is 11.8. The Morgan fingerprint density at radius 3 is 2.32 bits per heavy atom. The summed E-state index contributed by atoms with van der Waals surface area (Å²) in [6.45, 7) is 5.25. The second kappa shape index (κ2) is 7.14. The molecule has 1 aromatic rings. The third kappa shape index (κ3) is 4.91. The molecule has 4 nitrogen and oxygen atoms in total. The van der Waals surface area contributed by atoms with Crippen molar-refractivity contribution in [3.63, 3.8) is 0 Å². The SMILES string of the molecule is Cc1ccc(OCCN(C)C(C)C(=O)N(C)C)cc1. The van der Waals surface area contributed by atoms with E-state index in [4.69, 9.17) is 4.74 Å². The molecule has 0 aliphatic carbocycles. The zero-order valence-electron chi connectivity index (χ0n) is 12.5. The third-order valence-corrected chi connectivity index (χ3v) is 3.19. The Kier molecular flexibility index (Phi) is 5.83. The zero-order chi connectivity index (χ0) is 14.4. The maximum Gasteiger partial charge on any atom is 0.239 e. The highest BCUT2D eigenvalue weighted by atomic mass is 16.5. The lowest BCUT2D eigenvalue weighted by Gasteiger charge is -2.26. The minimum atomic E-state index is -0.128. The van der Waals surface area contributed by atoms with Gasteiger partial charge in [0.2, 0.25) is 5.91 Å². The highest BCUT2D eigenvalue weighted by Gasteiger charge is 2.19. The van der Waals surface area contributed by atoms with E-state index in [-0.39, 0.29) is 11.9 Å².